The van der Waals surface area contributed by atoms with E-state index >= 15 is 0 Å². The topological polar surface area (TPSA) is 76.3 Å². The fourth-order valence-electron chi connectivity index (χ4n) is 6.28. The number of carbonyl (C=O) groups is 2. The van der Waals surface area contributed by atoms with Crippen molar-refractivity contribution in [3.63, 3.8) is 0 Å². The van der Waals surface area contributed by atoms with Crippen molar-refractivity contribution in [3.05, 3.63) is 64.1 Å². The highest BCUT2D eigenvalue weighted by atomic mass is 32.1. The highest BCUT2D eigenvalue weighted by Gasteiger charge is 2.57. The van der Waals surface area contributed by atoms with E-state index in [2.05, 4.69) is 0 Å². The summed E-state index contributed by atoms with van der Waals surface area (Å²) >= 11 is 5.39. The number of fused-ring (bicyclic) bond motifs is 4. The first-order valence-electron chi connectivity index (χ1n) is 12.0. The van der Waals surface area contributed by atoms with Gasteiger partial charge in [-0.15, -0.1) is 0 Å². The molecular weight excluding hydrogens is 464 g/mol. The maximum Gasteiger partial charge on any atom is 0.250 e. The van der Waals surface area contributed by atoms with Crippen LogP contribution in [0.5, 0.6) is 5.75 Å². The first-order valence-corrected chi connectivity index (χ1v) is 12.4. The number of likely N-dealkylation sites (tertiary alicyclic amines) is 1. The van der Waals surface area contributed by atoms with E-state index in [0.717, 1.165) is 36.5 Å². The van der Waals surface area contributed by atoms with Gasteiger partial charge in [0, 0.05) is 50.7 Å². The summed E-state index contributed by atoms with van der Waals surface area (Å²) in [6.07, 6.45) is 1.32. The second-order valence-corrected chi connectivity index (χ2v) is 10.5. The molecule has 0 spiro atoms. The molecule has 3 aliphatic rings. The summed E-state index contributed by atoms with van der Waals surface area (Å²) in [5.41, 5.74) is 0.756. The Balaban J connectivity index is 1.49. The van der Waals surface area contributed by atoms with Crippen LogP contribution >= 0.6 is 12.2 Å². The normalized spacial score (nSPS) is 25.5. The third-order valence-corrected chi connectivity index (χ3v) is 8.44. The minimum absolute atomic E-state index is 0.0472. The van der Waals surface area contributed by atoms with Crippen LogP contribution in [0, 0.1) is 11.3 Å². The first kappa shape index (κ1) is 23.7. The first-order chi connectivity index (χ1) is 16.7. The maximum absolute atomic E-state index is 13.8. The van der Waals surface area contributed by atoms with Crippen molar-refractivity contribution in [1.82, 2.24) is 14.4 Å². The van der Waals surface area contributed by atoms with Gasteiger partial charge in [0.15, 0.2) is 10.5 Å². The van der Waals surface area contributed by atoms with Crippen LogP contribution in [0.25, 0.3) is 0 Å². The molecule has 2 saturated heterocycles. The quantitative estimate of drug-likeness (QED) is 0.477. The smallest absolute Gasteiger partial charge is 0.250 e. The van der Waals surface area contributed by atoms with Gasteiger partial charge in [-0.3, -0.25) is 24.2 Å². The third kappa shape index (κ3) is 3.96. The summed E-state index contributed by atoms with van der Waals surface area (Å²) in [7, 11) is 4.91. The van der Waals surface area contributed by atoms with Crippen molar-refractivity contribution in [2.24, 2.45) is 11.3 Å². The van der Waals surface area contributed by atoms with Crippen molar-refractivity contribution < 1.29 is 19.2 Å². The molecule has 1 unspecified atom stereocenters. The number of hydrogen-bond donors (Lipinski definition) is 1. The molecule has 9 heteroatoms. The van der Waals surface area contributed by atoms with Crippen molar-refractivity contribution >= 4 is 29.1 Å². The average molecular weight is 496 g/mol. The number of piperidine rings is 1. The lowest BCUT2D eigenvalue weighted by Gasteiger charge is -2.46. The molecule has 2 fully saturated rings. The zero-order valence-electron chi connectivity index (χ0n) is 20.3. The van der Waals surface area contributed by atoms with Gasteiger partial charge in [0.2, 0.25) is 11.8 Å². The Hall–Kier alpha value is -3.04. The number of amides is 2. The molecule has 4 heterocycles. The van der Waals surface area contributed by atoms with Gasteiger partial charge >= 0.3 is 0 Å². The van der Waals surface area contributed by atoms with Crippen LogP contribution < -0.4 is 15.2 Å². The predicted octanol–water partition coefficient (Wildman–Crippen LogP) is 0.303. The number of nitrogens with one attached hydrogen (secondary N) is 1. The number of benzene rings is 1. The fraction of sp³-hybridized carbons (Fsp3) is 0.462. The minimum atomic E-state index is -1.25. The number of carbonyl (C=O) groups excluding carboxylic acids is 2. The van der Waals surface area contributed by atoms with Gasteiger partial charge in [-0.1, -0.05) is 18.2 Å². The molecule has 2 aromatic rings. The Kier molecular flexibility index (Phi) is 6.01. The van der Waals surface area contributed by atoms with E-state index in [1.165, 1.54) is 14.7 Å². The van der Waals surface area contributed by atoms with Crippen LogP contribution in [-0.2, 0) is 22.6 Å². The summed E-state index contributed by atoms with van der Waals surface area (Å²) in [5.74, 6) is 0.792. The molecule has 1 aromatic heterocycles. The van der Waals surface area contributed by atoms with Crippen LogP contribution in [0.3, 0.4) is 0 Å². The Morgan fingerprint density at radius 3 is 2.37 bits per heavy atom. The molecule has 0 aliphatic carbocycles. The molecule has 3 aliphatic heterocycles. The summed E-state index contributed by atoms with van der Waals surface area (Å²) in [6, 6.07) is 13.0. The van der Waals surface area contributed by atoms with E-state index in [0.29, 0.717) is 25.4 Å². The summed E-state index contributed by atoms with van der Waals surface area (Å²) in [5, 5.41) is 0.226. The van der Waals surface area contributed by atoms with E-state index in [1.54, 1.807) is 27.3 Å². The molecule has 35 heavy (non-hydrogen) atoms. The number of hydrogen-bond acceptors (Lipinski definition) is 5. The second-order valence-electron chi connectivity index (χ2n) is 10.2. The van der Waals surface area contributed by atoms with E-state index in [4.69, 9.17) is 17.0 Å². The van der Waals surface area contributed by atoms with Gasteiger partial charge in [0.05, 0.1) is 20.2 Å². The van der Waals surface area contributed by atoms with Gasteiger partial charge in [-0.2, -0.15) is 0 Å². The summed E-state index contributed by atoms with van der Waals surface area (Å²) in [6.45, 7) is 2.67. The number of methoxy groups -OCH3 is 1. The molecule has 184 valence electrons. The molecular formula is C26H31N4O4S+. The number of nitrogens with zero attached hydrogens (tertiary/aromatic N) is 3. The number of aromatic nitrogens is 1. The van der Waals surface area contributed by atoms with Crippen LogP contribution in [0.1, 0.15) is 23.6 Å². The number of ether oxygens (including phenoxy) is 1. The average Bonchev–Trinajstić information content (AvgIpc) is 2.86. The van der Waals surface area contributed by atoms with E-state index in [-0.39, 0.29) is 28.4 Å². The maximum atomic E-state index is 13.8. The minimum Gasteiger partial charge on any atom is -0.497 e. The monoisotopic (exact) mass is 495 g/mol. The predicted molar refractivity (Wildman–Crippen MR) is 134 cm³/mol. The third-order valence-electron chi connectivity index (χ3n) is 7.89. The van der Waals surface area contributed by atoms with Crippen LogP contribution in [0.15, 0.2) is 47.3 Å². The van der Waals surface area contributed by atoms with Crippen molar-refractivity contribution in [2.45, 2.75) is 25.3 Å². The van der Waals surface area contributed by atoms with Gasteiger partial charge in [-0.05, 0) is 42.4 Å². The number of rotatable bonds is 5. The summed E-state index contributed by atoms with van der Waals surface area (Å²) < 4.78 is 7.18. The molecule has 3 atom stereocenters. The lowest BCUT2D eigenvalue weighted by molar-refractivity contribution is -0.915. The Bertz CT molecular complexity index is 1220. The van der Waals surface area contributed by atoms with Crippen LogP contribution in [-0.4, -0.2) is 72.1 Å². The highest BCUT2D eigenvalue weighted by Crippen LogP contribution is 2.34. The molecule has 0 radical (unpaired) electrons. The Morgan fingerprint density at radius 1 is 1.03 bits per heavy atom. The molecule has 2 bridgehead atoms. The van der Waals surface area contributed by atoms with Gasteiger partial charge in [0.1, 0.15) is 12.3 Å². The van der Waals surface area contributed by atoms with Crippen molar-refractivity contribution in [1.29, 1.82) is 0 Å². The van der Waals surface area contributed by atoms with Gasteiger partial charge in [-0.25, -0.2) is 0 Å². The second kappa shape index (κ2) is 8.87. The molecule has 5 rings (SSSR count). The zero-order chi connectivity index (χ0) is 24.9. The zero-order valence-corrected chi connectivity index (χ0v) is 21.1. The number of thiocarbonyl (C=S) groups is 1. The molecule has 8 nitrogen and oxygen atoms in total. The fourth-order valence-corrected chi connectivity index (χ4v) is 6.45. The molecule has 0 saturated carbocycles. The largest absolute Gasteiger partial charge is 0.497 e. The van der Waals surface area contributed by atoms with Crippen LogP contribution in [0.2, 0.25) is 0 Å². The van der Waals surface area contributed by atoms with Gasteiger partial charge < -0.3 is 14.2 Å². The van der Waals surface area contributed by atoms with E-state index in [9.17, 15) is 14.4 Å². The highest BCUT2D eigenvalue weighted by molar-refractivity contribution is 7.80. The lowest BCUT2D eigenvalue weighted by atomic mass is 9.75. The van der Waals surface area contributed by atoms with Crippen molar-refractivity contribution in [2.75, 3.05) is 40.8 Å². The van der Waals surface area contributed by atoms with E-state index < -0.39 is 5.41 Å². The van der Waals surface area contributed by atoms with E-state index in [1.807, 2.05) is 41.0 Å². The molecule has 1 N–H and O–H groups in total. The number of quaternary nitrogens is 1. The lowest BCUT2D eigenvalue weighted by Crippen LogP contribution is -3.16. The number of pyridine rings is 1. The van der Waals surface area contributed by atoms with Crippen molar-refractivity contribution in [3.8, 4) is 5.75 Å². The Morgan fingerprint density at radius 2 is 1.71 bits per heavy atom. The SMILES string of the molecule is COc1ccc(CC2(C[NH+]3C[C@H]4C[C@H](C3)c3cccc(=O)n3C4)C(=O)N(C)C(=S)N(C)C2=O)cc1. The van der Waals surface area contributed by atoms with Crippen LogP contribution in [0.4, 0.5) is 0 Å². The summed E-state index contributed by atoms with van der Waals surface area (Å²) in [4.78, 5) is 44.1. The molecule has 2 amide bonds. The Labute approximate surface area is 210 Å². The molecule has 1 aromatic carbocycles. The standard InChI is InChI=1S/C26H30N4O4S/c1-27-23(32)26(24(33)28(2)25(27)35,12-17-7-9-20(34-3)10-8-17)16-29-13-18-11-19(15-29)21-5-4-6-22(31)30(21)14-18/h4-10,18-19H,11-16H2,1-3H3/p+1/t18-,19-/m1/s1. The van der Waals surface area contributed by atoms with Gasteiger partial charge in [0.25, 0.3) is 5.56 Å².